The third-order valence-corrected chi connectivity index (χ3v) is 3.14. The molecule has 0 aliphatic carbocycles. The number of amides is 1. The normalized spacial score (nSPS) is 10.2. The Morgan fingerprint density at radius 1 is 1.30 bits per heavy atom. The van der Waals surface area contributed by atoms with Crippen LogP contribution in [-0.2, 0) is 6.42 Å². The number of aromatic nitrogens is 1. The molecule has 0 aliphatic rings. The molecule has 0 bridgehead atoms. The van der Waals surface area contributed by atoms with Gasteiger partial charge in [0.15, 0.2) is 0 Å². The fourth-order valence-corrected chi connectivity index (χ4v) is 1.99. The van der Waals surface area contributed by atoms with Gasteiger partial charge in [0.2, 0.25) is 0 Å². The molecule has 2 aromatic rings. The van der Waals surface area contributed by atoms with E-state index < -0.39 is 0 Å². The smallest absolute Gasteiger partial charge is 0.274 e. The Morgan fingerprint density at radius 3 is 2.70 bits per heavy atom. The number of anilines is 2. The van der Waals surface area contributed by atoms with Crippen LogP contribution in [0.1, 0.15) is 28.5 Å². The van der Waals surface area contributed by atoms with Crippen molar-refractivity contribution in [2.75, 3.05) is 10.7 Å². The van der Waals surface area contributed by atoms with Gasteiger partial charge >= 0.3 is 0 Å². The molecule has 0 saturated heterocycles. The van der Waals surface area contributed by atoms with E-state index in [0.717, 1.165) is 23.2 Å². The van der Waals surface area contributed by atoms with E-state index in [0.29, 0.717) is 11.4 Å². The van der Waals surface area contributed by atoms with Crippen LogP contribution >= 0.6 is 0 Å². The number of nitrogens with two attached hydrogens (primary N) is 1. The molecule has 0 radical (unpaired) electrons. The topological polar surface area (TPSA) is 80.0 Å². The Morgan fingerprint density at radius 2 is 2.10 bits per heavy atom. The number of pyridine rings is 1. The van der Waals surface area contributed by atoms with Crippen molar-refractivity contribution in [3.8, 4) is 0 Å². The number of nitrogens with one attached hydrogen (secondary N) is 2. The first-order valence-electron chi connectivity index (χ1n) is 6.48. The Kier molecular flexibility index (Phi) is 4.32. The maximum Gasteiger partial charge on any atom is 0.274 e. The number of hydrazine groups is 1. The van der Waals surface area contributed by atoms with Crippen molar-refractivity contribution in [1.82, 2.24) is 4.98 Å². The molecule has 1 heterocycles. The molecule has 0 fully saturated rings. The van der Waals surface area contributed by atoms with Crippen molar-refractivity contribution in [3.05, 3.63) is 53.3 Å². The molecule has 4 N–H and O–H groups in total. The van der Waals surface area contributed by atoms with Crippen LogP contribution in [0.2, 0.25) is 0 Å². The van der Waals surface area contributed by atoms with Crippen LogP contribution in [0.25, 0.3) is 0 Å². The summed E-state index contributed by atoms with van der Waals surface area (Å²) in [5, 5.41) is 2.93. The summed E-state index contributed by atoms with van der Waals surface area (Å²) in [4.78, 5) is 16.3. The van der Waals surface area contributed by atoms with Crippen molar-refractivity contribution >= 4 is 17.3 Å². The molecule has 1 amide bonds. The van der Waals surface area contributed by atoms with E-state index in [1.54, 1.807) is 12.1 Å². The summed E-state index contributed by atoms with van der Waals surface area (Å²) in [6.45, 7) is 4.04. The van der Waals surface area contributed by atoms with E-state index in [4.69, 9.17) is 5.84 Å². The number of hydrogen-bond acceptors (Lipinski definition) is 4. The van der Waals surface area contributed by atoms with Gasteiger partial charge in [-0.1, -0.05) is 25.1 Å². The van der Waals surface area contributed by atoms with E-state index in [-0.39, 0.29) is 5.91 Å². The van der Waals surface area contributed by atoms with Gasteiger partial charge in [0.1, 0.15) is 5.69 Å². The standard InChI is InChI=1S/C15H18N4O/c1-3-11-6-4-5-10(2)14(11)18-15(20)13-8-7-12(19-16)9-17-13/h4-9,19H,3,16H2,1-2H3,(H,18,20). The second kappa shape index (κ2) is 6.16. The minimum Gasteiger partial charge on any atom is -0.323 e. The third-order valence-electron chi connectivity index (χ3n) is 3.14. The van der Waals surface area contributed by atoms with Crippen LogP contribution in [-0.4, -0.2) is 10.9 Å². The lowest BCUT2D eigenvalue weighted by molar-refractivity contribution is 0.102. The molecule has 104 valence electrons. The highest BCUT2D eigenvalue weighted by molar-refractivity contribution is 6.03. The zero-order valence-electron chi connectivity index (χ0n) is 11.6. The average molecular weight is 270 g/mol. The molecule has 20 heavy (non-hydrogen) atoms. The van der Waals surface area contributed by atoms with Crippen molar-refractivity contribution in [1.29, 1.82) is 0 Å². The van der Waals surface area contributed by atoms with Gasteiger partial charge < -0.3 is 10.7 Å². The SMILES string of the molecule is CCc1cccc(C)c1NC(=O)c1ccc(NN)cn1. The Bertz CT molecular complexity index is 608. The van der Waals surface area contributed by atoms with Crippen LogP contribution in [0.5, 0.6) is 0 Å². The summed E-state index contributed by atoms with van der Waals surface area (Å²) >= 11 is 0. The van der Waals surface area contributed by atoms with Crippen LogP contribution in [0.3, 0.4) is 0 Å². The maximum atomic E-state index is 12.2. The van der Waals surface area contributed by atoms with E-state index in [1.807, 2.05) is 25.1 Å². The van der Waals surface area contributed by atoms with E-state index >= 15 is 0 Å². The Labute approximate surface area is 118 Å². The summed E-state index contributed by atoms with van der Waals surface area (Å²) in [5.74, 6) is 5.04. The van der Waals surface area contributed by atoms with Crippen LogP contribution in [0.4, 0.5) is 11.4 Å². The molecule has 5 heteroatoms. The first kappa shape index (κ1) is 14.0. The summed E-state index contributed by atoms with van der Waals surface area (Å²) in [6.07, 6.45) is 2.38. The van der Waals surface area contributed by atoms with Gasteiger partial charge in [-0.15, -0.1) is 0 Å². The zero-order chi connectivity index (χ0) is 14.5. The van der Waals surface area contributed by atoms with E-state index in [1.165, 1.54) is 6.20 Å². The largest absolute Gasteiger partial charge is 0.323 e. The Balaban J connectivity index is 2.23. The highest BCUT2D eigenvalue weighted by Crippen LogP contribution is 2.21. The number of benzene rings is 1. The molecule has 1 aromatic carbocycles. The fourth-order valence-electron chi connectivity index (χ4n) is 1.99. The van der Waals surface area contributed by atoms with Crippen molar-refractivity contribution in [2.24, 2.45) is 5.84 Å². The second-order valence-electron chi connectivity index (χ2n) is 4.49. The van der Waals surface area contributed by atoms with Gasteiger partial charge in [0.05, 0.1) is 11.9 Å². The summed E-state index contributed by atoms with van der Waals surface area (Å²) in [5.41, 5.74) is 6.50. The van der Waals surface area contributed by atoms with Crippen molar-refractivity contribution in [3.63, 3.8) is 0 Å². The molecule has 0 aliphatic heterocycles. The molecule has 0 unspecified atom stereocenters. The maximum absolute atomic E-state index is 12.2. The molecule has 0 saturated carbocycles. The molecule has 5 nitrogen and oxygen atoms in total. The third kappa shape index (κ3) is 2.95. The van der Waals surface area contributed by atoms with E-state index in [9.17, 15) is 4.79 Å². The predicted octanol–water partition coefficient (Wildman–Crippen LogP) is 2.49. The lowest BCUT2D eigenvalue weighted by Crippen LogP contribution is -2.16. The minimum atomic E-state index is -0.224. The van der Waals surface area contributed by atoms with Gasteiger partial charge in [-0.3, -0.25) is 10.6 Å². The number of nitrogen functional groups attached to an aromatic ring is 1. The van der Waals surface area contributed by atoms with Crippen molar-refractivity contribution < 1.29 is 4.79 Å². The highest BCUT2D eigenvalue weighted by Gasteiger charge is 2.11. The monoisotopic (exact) mass is 270 g/mol. The number of para-hydroxylation sites is 1. The first-order valence-corrected chi connectivity index (χ1v) is 6.48. The molecular weight excluding hydrogens is 252 g/mol. The lowest BCUT2D eigenvalue weighted by Gasteiger charge is -2.12. The summed E-state index contributed by atoms with van der Waals surface area (Å²) < 4.78 is 0. The number of nitrogens with zero attached hydrogens (tertiary/aromatic N) is 1. The van der Waals surface area contributed by atoms with Gasteiger partial charge in [-0.2, -0.15) is 0 Å². The zero-order valence-corrected chi connectivity index (χ0v) is 11.6. The van der Waals surface area contributed by atoms with Gasteiger partial charge in [0.25, 0.3) is 5.91 Å². The van der Waals surface area contributed by atoms with Gasteiger partial charge in [-0.05, 0) is 36.6 Å². The number of aryl methyl sites for hydroxylation is 2. The lowest BCUT2D eigenvalue weighted by atomic mass is 10.1. The first-order chi connectivity index (χ1) is 9.65. The van der Waals surface area contributed by atoms with Crippen LogP contribution < -0.4 is 16.6 Å². The minimum absolute atomic E-state index is 0.224. The summed E-state index contributed by atoms with van der Waals surface area (Å²) in [6, 6.07) is 9.32. The highest BCUT2D eigenvalue weighted by atomic mass is 16.1. The number of carbonyl (C=O) groups excluding carboxylic acids is 1. The van der Waals surface area contributed by atoms with Crippen LogP contribution in [0, 0.1) is 6.92 Å². The molecule has 0 spiro atoms. The fraction of sp³-hybridized carbons (Fsp3) is 0.200. The van der Waals surface area contributed by atoms with Gasteiger partial charge in [0, 0.05) is 5.69 Å². The van der Waals surface area contributed by atoms with E-state index in [2.05, 4.69) is 22.7 Å². The van der Waals surface area contributed by atoms with Crippen LogP contribution in [0.15, 0.2) is 36.5 Å². The number of carbonyl (C=O) groups is 1. The number of rotatable bonds is 4. The second-order valence-corrected chi connectivity index (χ2v) is 4.49. The molecule has 2 rings (SSSR count). The quantitative estimate of drug-likeness (QED) is 0.589. The van der Waals surface area contributed by atoms with Gasteiger partial charge in [-0.25, -0.2) is 4.98 Å². The number of hydrogen-bond donors (Lipinski definition) is 3. The van der Waals surface area contributed by atoms with Crippen molar-refractivity contribution in [2.45, 2.75) is 20.3 Å². The Hall–Kier alpha value is -2.40. The predicted molar refractivity (Wildman–Crippen MR) is 80.6 cm³/mol. The molecule has 1 aromatic heterocycles. The molecule has 0 atom stereocenters. The average Bonchev–Trinajstić information content (AvgIpc) is 2.49. The summed E-state index contributed by atoms with van der Waals surface area (Å²) in [7, 11) is 0. The molecular formula is C15H18N4O.